The van der Waals surface area contributed by atoms with E-state index in [1.807, 2.05) is 6.08 Å². The van der Waals surface area contributed by atoms with Crippen molar-refractivity contribution < 1.29 is 23.9 Å². The standard InChI is InChI=1S/C23H22ClFN6O4/c1-23(21(34)35)6-4-13(5-7-23)10-27-20(33)18-9-17(30-22-28-12-29-31(18)22)19(32)26-11-14-2-3-16(25)15(24)8-14/h2-4,8-9,12H,5-7,10-11H2,1H3,(H,26,32)(H,27,33)(H,34,35). The number of fused-ring (bicyclic) bond motifs is 1. The van der Waals surface area contributed by atoms with Gasteiger partial charge in [-0.15, -0.1) is 0 Å². The molecule has 0 aliphatic heterocycles. The van der Waals surface area contributed by atoms with Gasteiger partial charge in [-0.25, -0.2) is 9.37 Å². The number of carbonyl (C=O) groups is 3. The molecule has 4 rings (SSSR count). The minimum absolute atomic E-state index is 0.0436. The van der Waals surface area contributed by atoms with Crippen LogP contribution in [-0.4, -0.2) is 49.0 Å². The molecule has 1 aliphatic carbocycles. The fourth-order valence-electron chi connectivity index (χ4n) is 3.66. The molecule has 2 amide bonds. The van der Waals surface area contributed by atoms with Crippen molar-refractivity contribution in [1.82, 2.24) is 30.2 Å². The molecule has 0 fully saturated rings. The Hall–Kier alpha value is -3.86. The Kier molecular flexibility index (Phi) is 6.79. The maximum Gasteiger partial charge on any atom is 0.309 e. The maximum absolute atomic E-state index is 13.3. The molecule has 1 aliphatic rings. The van der Waals surface area contributed by atoms with Gasteiger partial charge < -0.3 is 15.7 Å². The van der Waals surface area contributed by atoms with Crippen LogP contribution in [0.25, 0.3) is 5.78 Å². The summed E-state index contributed by atoms with van der Waals surface area (Å²) in [6, 6.07) is 5.41. The van der Waals surface area contributed by atoms with E-state index in [1.165, 1.54) is 35.1 Å². The summed E-state index contributed by atoms with van der Waals surface area (Å²) in [6.45, 7) is 2.01. The molecule has 3 aromatic rings. The Morgan fingerprint density at radius 2 is 1.97 bits per heavy atom. The predicted molar refractivity (Wildman–Crippen MR) is 123 cm³/mol. The number of hydrogen-bond donors (Lipinski definition) is 3. The third kappa shape index (κ3) is 5.29. The average Bonchev–Trinajstić information content (AvgIpc) is 3.32. The van der Waals surface area contributed by atoms with Crippen LogP contribution >= 0.6 is 11.6 Å². The lowest BCUT2D eigenvalue weighted by Crippen LogP contribution is -2.33. The first kappa shape index (κ1) is 24.3. The fraction of sp³-hybridized carbons (Fsp3) is 0.304. The van der Waals surface area contributed by atoms with Crippen LogP contribution in [0.2, 0.25) is 5.02 Å². The highest BCUT2D eigenvalue weighted by molar-refractivity contribution is 6.30. The Morgan fingerprint density at radius 1 is 1.20 bits per heavy atom. The zero-order valence-electron chi connectivity index (χ0n) is 18.7. The molecule has 3 N–H and O–H groups in total. The molecule has 182 valence electrons. The molecule has 0 bridgehead atoms. The first-order chi connectivity index (χ1) is 16.7. The Bertz CT molecular complexity index is 1360. The monoisotopic (exact) mass is 500 g/mol. The van der Waals surface area contributed by atoms with Crippen LogP contribution in [0.3, 0.4) is 0 Å². The summed E-state index contributed by atoms with van der Waals surface area (Å²) in [6.07, 6.45) is 4.49. The van der Waals surface area contributed by atoms with Gasteiger partial charge in [0, 0.05) is 19.2 Å². The number of amides is 2. The van der Waals surface area contributed by atoms with E-state index in [2.05, 4.69) is 25.7 Å². The molecule has 2 aromatic heterocycles. The normalized spacial score (nSPS) is 17.6. The Labute approximate surface area is 204 Å². The number of rotatable bonds is 7. The smallest absolute Gasteiger partial charge is 0.309 e. The van der Waals surface area contributed by atoms with Crippen molar-refractivity contribution in [2.24, 2.45) is 5.41 Å². The second kappa shape index (κ2) is 9.79. The number of nitrogens with zero attached hydrogens (tertiary/aromatic N) is 4. The number of halogens is 2. The van der Waals surface area contributed by atoms with Gasteiger partial charge in [-0.2, -0.15) is 14.6 Å². The number of carboxylic acids is 1. The van der Waals surface area contributed by atoms with Gasteiger partial charge in [-0.3, -0.25) is 14.4 Å². The molecular weight excluding hydrogens is 479 g/mol. The molecule has 1 atom stereocenters. The molecule has 0 spiro atoms. The van der Waals surface area contributed by atoms with E-state index >= 15 is 0 Å². The number of allylic oxidation sites excluding steroid dienone is 1. The van der Waals surface area contributed by atoms with Crippen LogP contribution in [0.1, 0.15) is 52.7 Å². The second-order valence-corrected chi connectivity index (χ2v) is 8.95. The molecule has 2 heterocycles. The highest BCUT2D eigenvalue weighted by Gasteiger charge is 2.34. The number of nitrogens with one attached hydrogen (secondary N) is 2. The number of carbonyl (C=O) groups excluding carboxylic acids is 2. The van der Waals surface area contributed by atoms with Crippen LogP contribution in [0, 0.1) is 11.2 Å². The highest BCUT2D eigenvalue weighted by atomic mass is 35.5. The first-order valence-electron chi connectivity index (χ1n) is 10.8. The molecule has 1 unspecified atom stereocenters. The van der Waals surface area contributed by atoms with Crippen LogP contribution in [0.15, 0.2) is 42.2 Å². The van der Waals surface area contributed by atoms with Gasteiger partial charge in [0.2, 0.25) is 0 Å². The largest absolute Gasteiger partial charge is 0.481 e. The average molecular weight is 501 g/mol. The van der Waals surface area contributed by atoms with E-state index in [0.29, 0.717) is 24.8 Å². The molecule has 0 saturated carbocycles. The lowest BCUT2D eigenvalue weighted by molar-refractivity contribution is -0.148. The van der Waals surface area contributed by atoms with Gasteiger partial charge in [0.25, 0.3) is 17.6 Å². The Balaban J connectivity index is 1.46. The predicted octanol–water partition coefficient (Wildman–Crippen LogP) is 2.78. The first-order valence-corrected chi connectivity index (χ1v) is 11.2. The van der Waals surface area contributed by atoms with Crippen molar-refractivity contribution in [3.8, 4) is 0 Å². The summed E-state index contributed by atoms with van der Waals surface area (Å²) in [5.74, 6) is -2.38. The van der Waals surface area contributed by atoms with Gasteiger partial charge in [-0.05, 0) is 43.9 Å². The van der Waals surface area contributed by atoms with E-state index in [1.54, 1.807) is 6.92 Å². The maximum atomic E-state index is 13.3. The van der Waals surface area contributed by atoms with Crippen LogP contribution in [0.4, 0.5) is 4.39 Å². The minimum atomic E-state index is -0.837. The second-order valence-electron chi connectivity index (χ2n) is 8.54. The van der Waals surface area contributed by atoms with Crippen molar-refractivity contribution in [3.63, 3.8) is 0 Å². The minimum Gasteiger partial charge on any atom is -0.481 e. The van der Waals surface area contributed by atoms with Crippen molar-refractivity contribution >= 4 is 35.2 Å². The van der Waals surface area contributed by atoms with Crippen molar-refractivity contribution in [1.29, 1.82) is 0 Å². The van der Waals surface area contributed by atoms with Gasteiger partial charge in [0.15, 0.2) is 0 Å². The lowest BCUT2D eigenvalue weighted by Gasteiger charge is -2.28. The van der Waals surface area contributed by atoms with E-state index < -0.39 is 29.0 Å². The van der Waals surface area contributed by atoms with Crippen molar-refractivity contribution in [2.75, 3.05) is 6.54 Å². The quantitative estimate of drug-likeness (QED) is 0.424. The molecule has 0 saturated heterocycles. The SMILES string of the molecule is CC1(C(=O)O)CC=C(CNC(=O)c2cc(C(=O)NCc3ccc(F)c(Cl)c3)nc3ncnn23)CC1. The van der Waals surface area contributed by atoms with Crippen molar-refractivity contribution in [3.05, 3.63) is 70.0 Å². The molecular formula is C23H22ClFN6O4. The van der Waals surface area contributed by atoms with Crippen molar-refractivity contribution in [2.45, 2.75) is 32.7 Å². The van der Waals surface area contributed by atoms with Crippen LogP contribution in [-0.2, 0) is 11.3 Å². The highest BCUT2D eigenvalue weighted by Crippen LogP contribution is 2.35. The third-order valence-electron chi connectivity index (χ3n) is 5.99. The summed E-state index contributed by atoms with van der Waals surface area (Å²) in [4.78, 5) is 45.2. The van der Waals surface area contributed by atoms with E-state index in [0.717, 1.165) is 5.57 Å². The summed E-state index contributed by atoms with van der Waals surface area (Å²) in [5, 5.41) is 18.7. The zero-order valence-corrected chi connectivity index (χ0v) is 19.5. The molecule has 1 aromatic carbocycles. The number of hydrogen-bond acceptors (Lipinski definition) is 6. The fourth-order valence-corrected chi connectivity index (χ4v) is 3.87. The number of aliphatic carboxylic acids is 1. The number of carboxylic acid groups (broad SMARTS) is 1. The lowest BCUT2D eigenvalue weighted by atomic mass is 9.76. The van der Waals surface area contributed by atoms with Crippen LogP contribution in [0.5, 0.6) is 0 Å². The summed E-state index contributed by atoms with van der Waals surface area (Å²) < 4.78 is 14.6. The van der Waals surface area contributed by atoms with E-state index in [4.69, 9.17) is 11.6 Å². The number of aromatic nitrogens is 4. The van der Waals surface area contributed by atoms with E-state index in [-0.39, 0.29) is 35.3 Å². The zero-order chi connectivity index (χ0) is 25.2. The van der Waals surface area contributed by atoms with Gasteiger partial charge in [-0.1, -0.05) is 29.3 Å². The summed E-state index contributed by atoms with van der Waals surface area (Å²) >= 11 is 5.78. The molecule has 0 radical (unpaired) electrons. The molecule has 10 nitrogen and oxygen atoms in total. The summed E-state index contributed by atoms with van der Waals surface area (Å²) in [5.41, 5.74) is 0.739. The summed E-state index contributed by atoms with van der Waals surface area (Å²) in [7, 11) is 0. The topological polar surface area (TPSA) is 139 Å². The number of benzene rings is 1. The van der Waals surface area contributed by atoms with Gasteiger partial charge in [0.1, 0.15) is 23.5 Å². The third-order valence-corrected chi connectivity index (χ3v) is 6.28. The molecule has 12 heteroatoms. The van der Waals surface area contributed by atoms with E-state index in [9.17, 15) is 23.9 Å². The Morgan fingerprint density at radius 3 is 2.66 bits per heavy atom. The van der Waals surface area contributed by atoms with Gasteiger partial charge in [0.05, 0.1) is 10.4 Å². The van der Waals surface area contributed by atoms with Gasteiger partial charge >= 0.3 is 5.97 Å². The molecule has 35 heavy (non-hydrogen) atoms. The van der Waals surface area contributed by atoms with Crippen LogP contribution < -0.4 is 10.6 Å².